The van der Waals surface area contributed by atoms with Gasteiger partial charge in [-0.15, -0.1) is 0 Å². The third-order valence-electron chi connectivity index (χ3n) is 2.84. The Kier molecular flexibility index (Phi) is 5.21. The van der Waals surface area contributed by atoms with E-state index in [9.17, 15) is 4.79 Å². The average Bonchev–Trinajstić information content (AvgIpc) is 2.15. The summed E-state index contributed by atoms with van der Waals surface area (Å²) < 4.78 is 0. The molecule has 0 saturated heterocycles. The lowest BCUT2D eigenvalue weighted by Gasteiger charge is -2.32. The van der Waals surface area contributed by atoms with E-state index in [1.54, 1.807) is 18.7 Å². The topological polar surface area (TPSA) is 46.3 Å². The summed E-state index contributed by atoms with van der Waals surface area (Å²) in [6.07, 6.45) is 2.06. The molecule has 1 amide bonds. The van der Waals surface area contributed by atoms with Gasteiger partial charge in [0.25, 0.3) is 0 Å². The van der Waals surface area contributed by atoms with Crippen molar-refractivity contribution in [1.82, 2.24) is 4.90 Å². The molecule has 0 aromatic rings. The van der Waals surface area contributed by atoms with Crippen molar-refractivity contribution in [1.29, 1.82) is 0 Å². The Labute approximate surface area is 98.0 Å². The van der Waals surface area contributed by atoms with Gasteiger partial charge in [0.15, 0.2) is 0 Å². The monoisotopic (exact) mass is 230 g/mol. The number of rotatable bonds is 5. The SMILES string of the molecule is CCCC(C)N(C)C(=O)C(C)(C)C(N)=S. The zero-order chi connectivity index (χ0) is 12.2. The van der Waals surface area contributed by atoms with Crippen LogP contribution in [0.5, 0.6) is 0 Å². The summed E-state index contributed by atoms with van der Waals surface area (Å²) in [4.78, 5) is 14.1. The van der Waals surface area contributed by atoms with Crippen molar-refractivity contribution in [3.63, 3.8) is 0 Å². The van der Waals surface area contributed by atoms with Crippen molar-refractivity contribution in [2.24, 2.45) is 11.1 Å². The van der Waals surface area contributed by atoms with Crippen LogP contribution in [0.1, 0.15) is 40.5 Å². The van der Waals surface area contributed by atoms with Gasteiger partial charge < -0.3 is 10.6 Å². The van der Waals surface area contributed by atoms with Crippen LogP contribution < -0.4 is 5.73 Å². The molecule has 0 bridgehead atoms. The Hall–Kier alpha value is -0.640. The van der Waals surface area contributed by atoms with Crippen molar-refractivity contribution in [3.05, 3.63) is 0 Å². The molecule has 0 saturated carbocycles. The van der Waals surface area contributed by atoms with E-state index in [4.69, 9.17) is 18.0 Å². The van der Waals surface area contributed by atoms with E-state index >= 15 is 0 Å². The second kappa shape index (κ2) is 5.45. The third kappa shape index (κ3) is 3.45. The first kappa shape index (κ1) is 14.4. The lowest BCUT2D eigenvalue weighted by atomic mass is 9.91. The van der Waals surface area contributed by atoms with Crippen molar-refractivity contribution >= 4 is 23.1 Å². The van der Waals surface area contributed by atoms with Crippen LogP contribution >= 0.6 is 12.2 Å². The lowest BCUT2D eigenvalue weighted by molar-refractivity contribution is -0.137. The molecule has 2 N–H and O–H groups in total. The van der Waals surface area contributed by atoms with E-state index in [-0.39, 0.29) is 16.9 Å². The molecule has 0 rings (SSSR count). The number of nitrogens with two attached hydrogens (primary N) is 1. The molecule has 0 spiro atoms. The van der Waals surface area contributed by atoms with E-state index < -0.39 is 5.41 Å². The fraction of sp³-hybridized carbons (Fsp3) is 0.818. The first-order chi connectivity index (χ1) is 6.75. The number of hydrogen-bond donors (Lipinski definition) is 1. The van der Waals surface area contributed by atoms with E-state index in [1.807, 2.05) is 14.0 Å². The minimum Gasteiger partial charge on any atom is -0.392 e. The van der Waals surface area contributed by atoms with E-state index in [0.717, 1.165) is 12.8 Å². The summed E-state index contributed by atoms with van der Waals surface area (Å²) in [6, 6.07) is 0.233. The largest absolute Gasteiger partial charge is 0.392 e. The normalized spacial score (nSPS) is 13.4. The van der Waals surface area contributed by atoms with Gasteiger partial charge in [-0.2, -0.15) is 0 Å². The molecule has 0 fully saturated rings. The smallest absolute Gasteiger partial charge is 0.235 e. The lowest BCUT2D eigenvalue weighted by Crippen LogP contribution is -2.48. The first-order valence-electron chi connectivity index (χ1n) is 5.32. The molecule has 88 valence electrons. The van der Waals surface area contributed by atoms with Gasteiger partial charge in [0.2, 0.25) is 5.91 Å². The fourth-order valence-corrected chi connectivity index (χ4v) is 1.45. The van der Waals surface area contributed by atoms with E-state index in [1.165, 1.54) is 0 Å². The highest BCUT2D eigenvalue weighted by molar-refractivity contribution is 7.80. The average molecular weight is 230 g/mol. The van der Waals surface area contributed by atoms with Crippen molar-refractivity contribution in [2.45, 2.75) is 46.6 Å². The predicted octanol–water partition coefficient (Wildman–Crippen LogP) is 1.95. The van der Waals surface area contributed by atoms with Crippen molar-refractivity contribution in [3.8, 4) is 0 Å². The summed E-state index contributed by atoms with van der Waals surface area (Å²) in [5, 5.41) is 0. The number of hydrogen-bond acceptors (Lipinski definition) is 2. The van der Waals surface area contributed by atoms with Crippen molar-refractivity contribution in [2.75, 3.05) is 7.05 Å². The Morgan fingerprint density at radius 2 is 2.00 bits per heavy atom. The van der Waals surface area contributed by atoms with E-state index in [2.05, 4.69) is 6.92 Å². The highest BCUT2D eigenvalue weighted by Gasteiger charge is 2.34. The van der Waals surface area contributed by atoms with Crippen LogP contribution in [0, 0.1) is 5.41 Å². The van der Waals surface area contributed by atoms with E-state index in [0.29, 0.717) is 0 Å². The zero-order valence-corrected chi connectivity index (χ0v) is 11.1. The maximum Gasteiger partial charge on any atom is 0.235 e. The van der Waals surface area contributed by atoms with Gasteiger partial charge in [0.1, 0.15) is 0 Å². The van der Waals surface area contributed by atoms with Crippen LogP contribution in [0.3, 0.4) is 0 Å². The van der Waals surface area contributed by atoms with Gasteiger partial charge >= 0.3 is 0 Å². The number of thiocarbonyl (C=S) groups is 1. The van der Waals surface area contributed by atoms with Crippen LogP contribution in [-0.4, -0.2) is 28.9 Å². The van der Waals surface area contributed by atoms with Gasteiger partial charge in [0, 0.05) is 13.1 Å². The molecule has 0 aromatic heterocycles. The molecular formula is C11H22N2OS. The Bertz CT molecular complexity index is 251. The molecule has 15 heavy (non-hydrogen) atoms. The van der Waals surface area contributed by atoms with Gasteiger partial charge in [0.05, 0.1) is 10.4 Å². The van der Waals surface area contributed by atoms with Gasteiger partial charge in [-0.1, -0.05) is 25.6 Å². The highest BCUT2D eigenvalue weighted by Crippen LogP contribution is 2.20. The van der Waals surface area contributed by atoms with Gasteiger partial charge in [-0.3, -0.25) is 4.79 Å². The van der Waals surface area contributed by atoms with Crippen LogP contribution in [0.4, 0.5) is 0 Å². The van der Waals surface area contributed by atoms with Crippen molar-refractivity contribution < 1.29 is 4.79 Å². The molecule has 4 heteroatoms. The molecular weight excluding hydrogens is 208 g/mol. The third-order valence-corrected chi connectivity index (χ3v) is 3.35. The zero-order valence-electron chi connectivity index (χ0n) is 10.3. The maximum atomic E-state index is 12.1. The minimum absolute atomic E-state index is 0.00375. The van der Waals surface area contributed by atoms with Crippen LogP contribution in [0.15, 0.2) is 0 Å². The Balaban J connectivity index is 4.64. The highest BCUT2D eigenvalue weighted by atomic mass is 32.1. The number of amides is 1. The minimum atomic E-state index is -0.744. The van der Waals surface area contributed by atoms with Gasteiger partial charge in [-0.25, -0.2) is 0 Å². The summed E-state index contributed by atoms with van der Waals surface area (Å²) in [6.45, 7) is 7.68. The summed E-state index contributed by atoms with van der Waals surface area (Å²) in [7, 11) is 1.81. The summed E-state index contributed by atoms with van der Waals surface area (Å²) >= 11 is 4.91. The molecule has 0 heterocycles. The second-order valence-corrected chi connectivity index (χ2v) is 4.98. The van der Waals surface area contributed by atoms with Gasteiger partial charge in [-0.05, 0) is 27.2 Å². The second-order valence-electron chi connectivity index (χ2n) is 4.54. The fourth-order valence-electron chi connectivity index (χ4n) is 1.36. The summed E-state index contributed by atoms with van der Waals surface area (Å²) in [5.74, 6) is -0.00375. The molecule has 0 aliphatic carbocycles. The number of carbonyl (C=O) groups excluding carboxylic acids is 1. The standard InChI is InChI=1S/C11H22N2OS/c1-6-7-8(2)13(5)10(14)11(3,4)9(12)15/h8H,6-7H2,1-5H3,(H2,12,15). The Morgan fingerprint density at radius 3 is 2.33 bits per heavy atom. The molecule has 1 unspecified atom stereocenters. The Morgan fingerprint density at radius 1 is 1.53 bits per heavy atom. The molecule has 0 aliphatic heterocycles. The molecule has 0 aromatic carbocycles. The van der Waals surface area contributed by atoms with Crippen LogP contribution in [0.2, 0.25) is 0 Å². The quantitative estimate of drug-likeness (QED) is 0.734. The maximum absolute atomic E-state index is 12.1. The van der Waals surface area contributed by atoms with Crippen LogP contribution in [0.25, 0.3) is 0 Å². The molecule has 0 aliphatic rings. The molecule has 0 radical (unpaired) electrons. The van der Waals surface area contributed by atoms with Crippen LogP contribution in [-0.2, 0) is 4.79 Å². The molecule has 3 nitrogen and oxygen atoms in total. The number of carbonyl (C=O) groups is 1. The molecule has 1 atom stereocenters. The first-order valence-corrected chi connectivity index (χ1v) is 5.73. The number of nitrogens with zero attached hydrogens (tertiary/aromatic N) is 1. The predicted molar refractivity (Wildman–Crippen MR) is 67.7 cm³/mol. The summed E-state index contributed by atoms with van der Waals surface area (Å²) in [5.41, 5.74) is 4.82.